The van der Waals surface area contributed by atoms with E-state index in [0.29, 0.717) is 0 Å². The molecule has 0 radical (unpaired) electrons. The lowest BCUT2D eigenvalue weighted by molar-refractivity contribution is 0.607. The second-order valence-electron chi connectivity index (χ2n) is 23.2. The normalized spacial score (nSPS) is 14.5. The van der Waals surface area contributed by atoms with E-state index in [4.69, 9.17) is 0 Å². The van der Waals surface area contributed by atoms with Crippen LogP contribution in [-0.2, 0) is 10.8 Å². The zero-order valence-electron chi connectivity index (χ0n) is 46.2. The number of fused-ring (bicyclic) bond motifs is 7. The fourth-order valence-corrected chi connectivity index (χ4v) is 13.7. The van der Waals surface area contributed by atoms with Gasteiger partial charge in [-0.2, -0.15) is 0 Å². The number of nitrogens with zero attached hydrogens (tertiary/aromatic N) is 4. The van der Waals surface area contributed by atoms with E-state index in [1.807, 2.05) is 12.1 Å². The van der Waals surface area contributed by atoms with Gasteiger partial charge in [-0.05, 0) is 197 Å². The number of benzene rings is 10. The number of rotatable bonds is 10. The smallest absolute Gasteiger partial charge is 0.123 e. The maximum Gasteiger partial charge on any atom is 0.123 e. The molecule has 15 rings (SSSR count). The van der Waals surface area contributed by atoms with E-state index in [1.54, 1.807) is 24.3 Å². The Morgan fingerprint density at radius 3 is 1.35 bits per heavy atom. The van der Waals surface area contributed by atoms with Crippen molar-refractivity contribution in [3.05, 3.63) is 294 Å². The summed E-state index contributed by atoms with van der Waals surface area (Å²) in [6, 6.07) is 83.6. The van der Waals surface area contributed by atoms with Gasteiger partial charge < -0.3 is 18.9 Å². The quantitative estimate of drug-likeness (QED) is 0.136. The van der Waals surface area contributed by atoms with Crippen LogP contribution in [0.5, 0.6) is 0 Å². The van der Waals surface area contributed by atoms with Crippen LogP contribution in [0.4, 0.5) is 42.9 Å². The first-order valence-electron chi connectivity index (χ1n) is 28.4. The van der Waals surface area contributed by atoms with Crippen molar-refractivity contribution >= 4 is 61.5 Å². The first-order valence-corrected chi connectivity index (χ1v) is 28.4. The van der Waals surface area contributed by atoms with E-state index in [9.17, 15) is 0 Å². The summed E-state index contributed by atoms with van der Waals surface area (Å²) in [7, 11) is 0. The van der Waals surface area contributed by atoms with Crippen LogP contribution in [0.3, 0.4) is 0 Å². The lowest BCUT2D eigenvalue weighted by Crippen LogP contribution is -2.18. The molecule has 0 bridgehead atoms. The third kappa shape index (κ3) is 7.91. The molecule has 12 aromatic rings. The zero-order valence-corrected chi connectivity index (χ0v) is 46.2. The van der Waals surface area contributed by atoms with E-state index in [-0.39, 0.29) is 22.5 Å². The lowest BCUT2D eigenvalue weighted by atomic mass is 9.78. The molecule has 3 aliphatic carbocycles. The summed E-state index contributed by atoms with van der Waals surface area (Å²) < 4.78 is 35.1. The number of anilines is 6. The minimum atomic E-state index is -0.303. The highest BCUT2D eigenvalue weighted by atomic mass is 19.1. The van der Waals surface area contributed by atoms with Gasteiger partial charge in [0, 0.05) is 78.2 Å². The maximum absolute atomic E-state index is 15.3. The molecule has 0 spiro atoms. The molecule has 2 aromatic heterocycles. The number of hydrogen-bond donors (Lipinski definition) is 0. The Labute approximate surface area is 477 Å². The summed E-state index contributed by atoms with van der Waals surface area (Å²) in [5, 5.41) is 1.96. The monoisotopic (exact) mass is 1060 g/mol. The van der Waals surface area contributed by atoms with Crippen LogP contribution < -0.4 is 9.80 Å². The zero-order chi connectivity index (χ0) is 55.4. The second-order valence-corrected chi connectivity index (χ2v) is 23.2. The average Bonchev–Trinajstić information content (AvgIpc) is 4.25. The molecule has 4 nitrogen and oxygen atoms in total. The number of para-hydroxylation sites is 2. The summed E-state index contributed by atoms with van der Waals surface area (Å²) in [6.45, 7) is 9.38. The van der Waals surface area contributed by atoms with Crippen molar-refractivity contribution in [3.8, 4) is 45.0 Å². The molecule has 82 heavy (non-hydrogen) atoms. The number of allylic oxidation sites excluding steroid dienone is 4. The van der Waals surface area contributed by atoms with Gasteiger partial charge in [0.05, 0.1) is 22.4 Å². The van der Waals surface area contributed by atoms with Crippen LogP contribution in [-0.4, -0.2) is 9.13 Å². The fraction of sp³-hybridized carbons (Fsp3) is 0.105. The maximum atomic E-state index is 15.3. The van der Waals surface area contributed by atoms with E-state index in [2.05, 4.69) is 253 Å². The highest BCUT2D eigenvalue weighted by Crippen LogP contribution is 2.53. The third-order valence-electron chi connectivity index (χ3n) is 17.7. The number of hydrogen-bond acceptors (Lipinski definition) is 2. The van der Waals surface area contributed by atoms with Crippen LogP contribution in [0, 0.1) is 11.6 Å². The van der Waals surface area contributed by atoms with Crippen molar-refractivity contribution in [1.82, 2.24) is 9.13 Å². The van der Waals surface area contributed by atoms with Crippen molar-refractivity contribution in [2.45, 2.75) is 51.4 Å². The summed E-state index contributed by atoms with van der Waals surface area (Å²) in [6.07, 6.45) is 6.79. The first-order chi connectivity index (χ1) is 40.0. The number of halogens is 2. The van der Waals surface area contributed by atoms with Gasteiger partial charge in [-0.3, -0.25) is 0 Å². The molecular weight excluding hydrogens is 1010 g/mol. The van der Waals surface area contributed by atoms with Gasteiger partial charge >= 0.3 is 0 Å². The molecular formula is C76H58F2N4. The van der Waals surface area contributed by atoms with E-state index in [1.165, 1.54) is 56.7 Å². The molecule has 6 heteroatoms. The SMILES string of the molecule is CC1(C)C2=C(C=CCC2)c2ccc(N(c3ccccc3)c3ccc(-n4c(-c5cccc(F)c5)cc5cc6c(cc(-c7cccc(F)c7)n6-c6ccc(N(c7ccccc7)c7ccc8c(c7)C(C)(C)c7ccccc7-8)cc6)cc54)cc3)cc21. The molecule has 0 fully saturated rings. The standard InChI is InChI=1S/C76H58F2N4/c1-75(2)67-27-13-11-25-63(67)65-39-37-61(47-69(65)75)79(55-21-7-5-8-22-55)57-29-33-59(34-30-57)81-71(49-17-15-19-53(77)41-49)43-51-46-74-52(45-73(51)81)44-72(50-18-16-20-54(78)42-50)82(74)60-35-31-58(32-36-60)80(56-23-9-6-10-24-56)62-38-40-66-64-26-12-14-28-68(64)76(3,4)70(66)48-62/h5-13,15-27,29-48H,14,28H2,1-4H3. The van der Waals surface area contributed by atoms with E-state index in [0.717, 1.165) is 103 Å². The molecule has 2 heterocycles. The molecule has 3 aliphatic rings. The molecule has 0 saturated carbocycles. The molecule has 0 amide bonds. The average molecular weight is 1070 g/mol. The van der Waals surface area contributed by atoms with Crippen molar-refractivity contribution < 1.29 is 8.78 Å². The lowest BCUT2D eigenvalue weighted by Gasteiger charge is -2.29. The highest BCUT2D eigenvalue weighted by Gasteiger charge is 2.38. The Hall–Kier alpha value is -9.78. The molecule has 0 atom stereocenters. The highest BCUT2D eigenvalue weighted by molar-refractivity contribution is 6.02. The van der Waals surface area contributed by atoms with Gasteiger partial charge in [-0.25, -0.2) is 8.78 Å². The predicted octanol–water partition coefficient (Wildman–Crippen LogP) is 20.8. The van der Waals surface area contributed by atoms with Crippen LogP contribution in [0.1, 0.15) is 62.8 Å². The van der Waals surface area contributed by atoms with Crippen LogP contribution in [0.2, 0.25) is 0 Å². The minimum absolute atomic E-state index is 0.0737. The summed E-state index contributed by atoms with van der Waals surface area (Å²) in [5.74, 6) is -0.605. The van der Waals surface area contributed by atoms with Crippen LogP contribution in [0.15, 0.2) is 260 Å². The Kier molecular flexibility index (Phi) is 11.4. The topological polar surface area (TPSA) is 16.3 Å². The number of aromatic nitrogens is 2. The van der Waals surface area contributed by atoms with E-state index >= 15 is 8.78 Å². The van der Waals surface area contributed by atoms with Crippen LogP contribution in [0.25, 0.3) is 72.4 Å². The Morgan fingerprint density at radius 1 is 0.378 bits per heavy atom. The molecule has 0 saturated heterocycles. The van der Waals surface area contributed by atoms with Crippen molar-refractivity contribution in [1.29, 1.82) is 0 Å². The summed E-state index contributed by atoms with van der Waals surface area (Å²) in [5.41, 5.74) is 23.9. The van der Waals surface area contributed by atoms with Gasteiger partial charge in [0.2, 0.25) is 0 Å². The van der Waals surface area contributed by atoms with Crippen molar-refractivity contribution in [2.75, 3.05) is 9.80 Å². The Balaban J connectivity index is 0.856. The Morgan fingerprint density at radius 2 is 0.829 bits per heavy atom. The van der Waals surface area contributed by atoms with Gasteiger partial charge in [0.25, 0.3) is 0 Å². The second kappa shape index (κ2) is 18.9. The Bertz CT molecular complexity index is 4580. The van der Waals surface area contributed by atoms with Crippen LogP contribution >= 0.6 is 0 Å². The molecule has 0 unspecified atom stereocenters. The van der Waals surface area contributed by atoms with E-state index < -0.39 is 0 Å². The van der Waals surface area contributed by atoms with Crippen molar-refractivity contribution in [2.24, 2.45) is 0 Å². The fourth-order valence-electron chi connectivity index (χ4n) is 13.7. The van der Waals surface area contributed by atoms with Gasteiger partial charge in [-0.1, -0.05) is 142 Å². The predicted molar refractivity (Wildman–Crippen MR) is 336 cm³/mol. The first kappa shape index (κ1) is 49.3. The molecule has 0 N–H and O–H groups in total. The largest absolute Gasteiger partial charge is 0.310 e. The van der Waals surface area contributed by atoms with Crippen molar-refractivity contribution in [3.63, 3.8) is 0 Å². The summed E-state index contributed by atoms with van der Waals surface area (Å²) >= 11 is 0. The third-order valence-corrected chi connectivity index (χ3v) is 17.7. The van der Waals surface area contributed by atoms with Gasteiger partial charge in [0.15, 0.2) is 0 Å². The molecule has 0 aliphatic heterocycles. The molecule has 396 valence electrons. The summed E-state index contributed by atoms with van der Waals surface area (Å²) in [4.78, 5) is 4.67. The molecule has 10 aromatic carbocycles. The van der Waals surface area contributed by atoms with Gasteiger partial charge in [0.1, 0.15) is 11.6 Å². The van der Waals surface area contributed by atoms with Gasteiger partial charge in [-0.15, -0.1) is 0 Å². The minimum Gasteiger partial charge on any atom is -0.310 e.